The summed E-state index contributed by atoms with van der Waals surface area (Å²) in [5, 5.41) is 4.75. The average molecular weight is 301 g/mol. The fraction of sp³-hybridized carbons (Fsp3) is 0.471. The van der Waals surface area contributed by atoms with Gasteiger partial charge in [0, 0.05) is 17.6 Å². The minimum Gasteiger partial charge on any atom is -0.321 e. The van der Waals surface area contributed by atoms with Crippen LogP contribution in [-0.2, 0) is 6.42 Å². The van der Waals surface area contributed by atoms with E-state index in [-0.39, 0.29) is 0 Å². The molecule has 3 rings (SSSR count). The zero-order valence-electron chi connectivity index (χ0n) is 12.8. The first-order chi connectivity index (χ1) is 10.3. The average Bonchev–Trinajstić information content (AvgIpc) is 2.97. The van der Waals surface area contributed by atoms with Crippen molar-refractivity contribution in [3.63, 3.8) is 0 Å². The first-order valence-corrected chi connectivity index (χ1v) is 8.63. The minimum absolute atomic E-state index is 0.447. The van der Waals surface area contributed by atoms with Crippen LogP contribution < -0.4 is 10.2 Å². The fourth-order valence-electron chi connectivity index (χ4n) is 2.83. The van der Waals surface area contributed by atoms with Gasteiger partial charge in [-0.25, -0.2) is 4.98 Å². The molecule has 1 atom stereocenters. The number of thiazole rings is 1. The molecule has 0 bridgehead atoms. The lowest BCUT2D eigenvalue weighted by atomic mass is 9.97. The van der Waals surface area contributed by atoms with Crippen molar-refractivity contribution in [3.05, 3.63) is 40.9 Å². The summed E-state index contributed by atoms with van der Waals surface area (Å²) in [6.07, 6.45) is 4.84. The monoisotopic (exact) mass is 301 g/mol. The normalized spacial score (nSPS) is 17.5. The van der Waals surface area contributed by atoms with Gasteiger partial charge in [-0.05, 0) is 44.4 Å². The Balaban J connectivity index is 1.84. The molecule has 0 aliphatic heterocycles. The molecule has 1 heterocycles. The predicted molar refractivity (Wildman–Crippen MR) is 90.6 cm³/mol. The summed E-state index contributed by atoms with van der Waals surface area (Å²) >= 11 is 1.85. The van der Waals surface area contributed by atoms with Crippen LogP contribution in [0.3, 0.4) is 0 Å². The van der Waals surface area contributed by atoms with Crippen LogP contribution in [0.5, 0.6) is 0 Å². The summed E-state index contributed by atoms with van der Waals surface area (Å²) in [7, 11) is 2.11. The van der Waals surface area contributed by atoms with Gasteiger partial charge in [0.1, 0.15) is 0 Å². The molecule has 2 aromatic rings. The van der Waals surface area contributed by atoms with Crippen molar-refractivity contribution < 1.29 is 0 Å². The first kappa shape index (κ1) is 14.5. The SMILES string of the molecule is CCCNC1CCCc2sc(N(C)c3ccccc3)nc21. The lowest BCUT2D eigenvalue weighted by Gasteiger charge is -2.22. The molecular formula is C17H23N3S. The molecule has 4 heteroatoms. The second-order valence-electron chi connectivity index (χ2n) is 5.60. The van der Waals surface area contributed by atoms with Gasteiger partial charge in [0.25, 0.3) is 0 Å². The highest BCUT2D eigenvalue weighted by Crippen LogP contribution is 2.38. The van der Waals surface area contributed by atoms with E-state index in [9.17, 15) is 0 Å². The lowest BCUT2D eigenvalue weighted by Crippen LogP contribution is -2.25. The topological polar surface area (TPSA) is 28.2 Å². The zero-order valence-corrected chi connectivity index (χ0v) is 13.6. The quantitative estimate of drug-likeness (QED) is 0.893. The van der Waals surface area contributed by atoms with Crippen LogP contribution in [0.15, 0.2) is 30.3 Å². The molecular weight excluding hydrogens is 278 g/mol. The van der Waals surface area contributed by atoms with Gasteiger partial charge < -0.3 is 10.2 Å². The highest BCUT2D eigenvalue weighted by atomic mass is 32.1. The highest BCUT2D eigenvalue weighted by molar-refractivity contribution is 7.15. The number of fused-ring (bicyclic) bond motifs is 1. The van der Waals surface area contributed by atoms with E-state index in [2.05, 4.69) is 54.5 Å². The van der Waals surface area contributed by atoms with Crippen LogP contribution in [0.1, 0.15) is 42.8 Å². The Morgan fingerprint density at radius 3 is 2.90 bits per heavy atom. The summed E-state index contributed by atoms with van der Waals surface area (Å²) in [6, 6.07) is 10.9. The molecule has 1 N–H and O–H groups in total. The van der Waals surface area contributed by atoms with Crippen molar-refractivity contribution in [2.75, 3.05) is 18.5 Å². The maximum atomic E-state index is 4.94. The predicted octanol–water partition coefficient (Wildman–Crippen LogP) is 4.29. The lowest BCUT2D eigenvalue weighted by molar-refractivity contribution is 0.454. The van der Waals surface area contributed by atoms with E-state index in [0.717, 1.165) is 11.7 Å². The Morgan fingerprint density at radius 2 is 2.14 bits per heavy atom. The Hall–Kier alpha value is -1.39. The first-order valence-electron chi connectivity index (χ1n) is 7.81. The van der Waals surface area contributed by atoms with Gasteiger partial charge >= 0.3 is 0 Å². The van der Waals surface area contributed by atoms with Gasteiger partial charge in [0.2, 0.25) is 0 Å². The summed E-state index contributed by atoms with van der Waals surface area (Å²) in [5.74, 6) is 0. The van der Waals surface area contributed by atoms with Crippen molar-refractivity contribution in [2.24, 2.45) is 0 Å². The third-order valence-corrected chi connectivity index (χ3v) is 5.22. The highest BCUT2D eigenvalue weighted by Gasteiger charge is 2.25. The summed E-state index contributed by atoms with van der Waals surface area (Å²) in [6.45, 7) is 3.29. The molecule has 1 aromatic heterocycles. The second kappa shape index (κ2) is 6.58. The van der Waals surface area contributed by atoms with Crippen molar-refractivity contribution >= 4 is 22.2 Å². The van der Waals surface area contributed by atoms with Gasteiger partial charge in [0.15, 0.2) is 5.13 Å². The van der Waals surface area contributed by atoms with E-state index in [1.54, 1.807) is 0 Å². The molecule has 21 heavy (non-hydrogen) atoms. The van der Waals surface area contributed by atoms with E-state index >= 15 is 0 Å². The van der Waals surface area contributed by atoms with Crippen molar-refractivity contribution in [1.29, 1.82) is 0 Å². The maximum absolute atomic E-state index is 4.94. The molecule has 1 aliphatic carbocycles. The van der Waals surface area contributed by atoms with E-state index in [0.29, 0.717) is 6.04 Å². The third-order valence-electron chi connectivity index (χ3n) is 4.01. The van der Waals surface area contributed by atoms with Crippen molar-refractivity contribution in [1.82, 2.24) is 10.3 Å². The largest absolute Gasteiger partial charge is 0.321 e. The number of rotatable bonds is 5. The number of hydrogen-bond acceptors (Lipinski definition) is 4. The van der Waals surface area contributed by atoms with Gasteiger partial charge in [-0.2, -0.15) is 0 Å². The number of aromatic nitrogens is 1. The number of anilines is 2. The van der Waals surface area contributed by atoms with Crippen LogP contribution in [0.4, 0.5) is 10.8 Å². The second-order valence-corrected chi connectivity index (χ2v) is 6.66. The summed E-state index contributed by atoms with van der Waals surface area (Å²) in [5.41, 5.74) is 2.49. The van der Waals surface area contributed by atoms with Crippen LogP contribution in [0, 0.1) is 0 Å². The Morgan fingerprint density at radius 1 is 1.33 bits per heavy atom. The minimum atomic E-state index is 0.447. The third kappa shape index (κ3) is 3.11. The molecule has 0 saturated carbocycles. The summed E-state index contributed by atoms with van der Waals surface area (Å²) in [4.78, 5) is 8.60. The molecule has 112 valence electrons. The Labute approximate surface area is 131 Å². The number of nitrogens with one attached hydrogen (secondary N) is 1. The van der Waals surface area contributed by atoms with Crippen LogP contribution in [0.2, 0.25) is 0 Å². The van der Waals surface area contributed by atoms with Gasteiger partial charge in [0.05, 0.1) is 11.7 Å². The standard InChI is InChI=1S/C17H23N3S/c1-3-12-18-14-10-7-11-15-16(14)19-17(21-15)20(2)13-8-5-4-6-9-13/h4-6,8-9,14,18H,3,7,10-12H2,1-2H3. The number of hydrogen-bond donors (Lipinski definition) is 1. The molecule has 0 saturated heterocycles. The Bertz CT molecular complexity index is 579. The molecule has 1 aromatic carbocycles. The van der Waals surface area contributed by atoms with Crippen molar-refractivity contribution in [3.8, 4) is 0 Å². The molecule has 1 unspecified atom stereocenters. The summed E-state index contributed by atoms with van der Waals surface area (Å²) < 4.78 is 0. The molecule has 0 radical (unpaired) electrons. The van der Waals surface area contributed by atoms with Crippen LogP contribution >= 0.6 is 11.3 Å². The molecule has 0 amide bonds. The van der Waals surface area contributed by atoms with E-state index in [1.165, 1.54) is 41.9 Å². The zero-order chi connectivity index (χ0) is 14.7. The van der Waals surface area contributed by atoms with Crippen LogP contribution in [0.25, 0.3) is 0 Å². The molecule has 0 spiro atoms. The molecule has 1 aliphatic rings. The Kier molecular flexibility index (Phi) is 4.56. The number of aryl methyl sites for hydroxylation is 1. The molecule has 3 nitrogen and oxygen atoms in total. The van der Waals surface area contributed by atoms with Crippen LogP contribution in [-0.4, -0.2) is 18.6 Å². The van der Waals surface area contributed by atoms with Gasteiger partial charge in [-0.1, -0.05) is 25.1 Å². The van der Waals surface area contributed by atoms with Crippen molar-refractivity contribution in [2.45, 2.75) is 38.6 Å². The number of para-hydroxylation sites is 1. The van der Waals surface area contributed by atoms with Gasteiger partial charge in [-0.3, -0.25) is 0 Å². The number of benzene rings is 1. The maximum Gasteiger partial charge on any atom is 0.190 e. The van der Waals surface area contributed by atoms with E-state index in [1.807, 2.05) is 11.3 Å². The fourth-order valence-corrected chi connectivity index (χ4v) is 3.97. The van der Waals surface area contributed by atoms with Gasteiger partial charge in [-0.15, -0.1) is 11.3 Å². The van der Waals surface area contributed by atoms with E-state index < -0.39 is 0 Å². The van der Waals surface area contributed by atoms with E-state index in [4.69, 9.17) is 4.98 Å². The smallest absolute Gasteiger partial charge is 0.190 e. The number of nitrogens with zero attached hydrogens (tertiary/aromatic N) is 2. The molecule has 0 fully saturated rings.